The van der Waals surface area contributed by atoms with Crippen LogP contribution in [-0.2, 0) is 4.79 Å². The fourth-order valence-electron chi connectivity index (χ4n) is 2.22. The van der Waals surface area contributed by atoms with Gasteiger partial charge in [-0.25, -0.2) is 4.79 Å². The Kier molecular flexibility index (Phi) is 4.77. The van der Waals surface area contributed by atoms with Gasteiger partial charge in [-0.3, -0.25) is 0 Å². The summed E-state index contributed by atoms with van der Waals surface area (Å²) < 4.78 is 5.23. The van der Waals surface area contributed by atoms with Gasteiger partial charge in [0, 0.05) is 6.08 Å². The summed E-state index contributed by atoms with van der Waals surface area (Å²) in [6.45, 7) is 1.95. The van der Waals surface area contributed by atoms with Gasteiger partial charge in [0.2, 0.25) is 0 Å². The molecular weight excluding hydrogens is 264 g/mol. The molecule has 1 N–H and O–H groups in total. The molecule has 21 heavy (non-hydrogen) atoms. The lowest BCUT2D eigenvalue weighted by Crippen LogP contribution is -1.92. The Balaban J connectivity index is 2.32. The van der Waals surface area contributed by atoms with E-state index in [4.69, 9.17) is 9.84 Å². The van der Waals surface area contributed by atoms with Crippen LogP contribution in [-0.4, -0.2) is 18.2 Å². The van der Waals surface area contributed by atoms with Gasteiger partial charge in [-0.15, -0.1) is 0 Å². The van der Waals surface area contributed by atoms with Crippen molar-refractivity contribution in [2.75, 3.05) is 7.11 Å². The Bertz CT molecular complexity index is 654. The quantitative estimate of drug-likeness (QED) is 0.834. The highest BCUT2D eigenvalue weighted by Crippen LogP contribution is 2.26. The van der Waals surface area contributed by atoms with Gasteiger partial charge < -0.3 is 9.84 Å². The lowest BCUT2D eigenvalue weighted by atomic mass is 9.99. The lowest BCUT2D eigenvalue weighted by Gasteiger charge is -2.08. The number of hydrogen-bond acceptors (Lipinski definition) is 2. The second-order valence-corrected chi connectivity index (χ2v) is 4.67. The normalized spacial score (nSPS) is 11.2. The average Bonchev–Trinajstić information content (AvgIpc) is 2.52. The summed E-state index contributed by atoms with van der Waals surface area (Å²) >= 11 is 0. The van der Waals surface area contributed by atoms with Crippen molar-refractivity contribution >= 4 is 11.5 Å². The van der Waals surface area contributed by atoms with Crippen LogP contribution in [0.5, 0.6) is 5.75 Å². The van der Waals surface area contributed by atoms with Crippen LogP contribution in [0.1, 0.15) is 18.9 Å². The zero-order valence-electron chi connectivity index (χ0n) is 12.2. The van der Waals surface area contributed by atoms with Crippen molar-refractivity contribution in [2.24, 2.45) is 0 Å². The molecule has 0 fully saturated rings. The first-order chi connectivity index (χ1) is 10.1. The number of hydrogen-bond donors (Lipinski definition) is 1. The SMILES string of the molecule is CC/C(=C\C(=O)O)c1ccc(-c2cccc(OC)c2)cc1. The van der Waals surface area contributed by atoms with E-state index in [0.717, 1.165) is 28.0 Å². The summed E-state index contributed by atoms with van der Waals surface area (Å²) in [5, 5.41) is 8.88. The molecule has 3 nitrogen and oxygen atoms in total. The number of carboxylic acids is 1. The molecule has 0 radical (unpaired) electrons. The molecule has 0 saturated heterocycles. The number of aliphatic carboxylic acids is 1. The van der Waals surface area contributed by atoms with Crippen LogP contribution in [0.3, 0.4) is 0 Å². The van der Waals surface area contributed by atoms with Gasteiger partial charge in [0.1, 0.15) is 5.75 Å². The van der Waals surface area contributed by atoms with Crippen LogP contribution in [0.25, 0.3) is 16.7 Å². The lowest BCUT2D eigenvalue weighted by molar-refractivity contribution is -0.131. The summed E-state index contributed by atoms with van der Waals surface area (Å²) in [6, 6.07) is 15.7. The smallest absolute Gasteiger partial charge is 0.328 e. The van der Waals surface area contributed by atoms with Crippen molar-refractivity contribution in [1.82, 2.24) is 0 Å². The zero-order chi connectivity index (χ0) is 15.2. The van der Waals surface area contributed by atoms with Gasteiger partial charge in [0.15, 0.2) is 0 Å². The van der Waals surface area contributed by atoms with Crippen LogP contribution in [0, 0.1) is 0 Å². The summed E-state index contributed by atoms with van der Waals surface area (Å²) in [5.74, 6) is -0.0969. The van der Waals surface area contributed by atoms with E-state index >= 15 is 0 Å². The second-order valence-electron chi connectivity index (χ2n) is 4.67. The Morgan fingerprint density at radius 3 is 2.43 bits per heavy atom. The van der Waals surface area contributed by atoms with Crippen LogP contribution in [0.15, 0.2) is 54.6 Å². The van der Waals surface area contributed by atoms with Crippen molar-refractivity contribution in [3.8, 4) is 16.9 Å². The molecule has 2 rings (SSSR count). The van der Waals surface area contributed by atoms with Crippen LogP contribution in [0.2, 0.25) is 0 Å². The molecule has 0 aromatic heterocycles. The predicted octanol–water partition coefficient (Wildman–Crippen LogP) is 4.24. The van der Waals surface area contributed by atoms with E-state index in [1.54, 1.807) is 7.11 Å². The number of ether oxygens (including phenoxy) is 1. The van der Waals surface area contributed by atoms with Crippen molar-refractivity contribution in [3.63, 3.8) is 0 Å². The molecule has 0 aliphatic rings. The number of methoxy groups -OCH3 is 1. The molecule has 108 valence electrons. The zero-order valence-corrected chi connectivity index (χ0v) is 12.2. The van der Waals surface area contributed by atoms with E-state index in [0.29, 0.717) is 6.42 Å². The molecule has 0 atom stereocenters. The van der Waals surface area contributed by atoms with Gasteiger partial charge in [0.25, 0.3) is 0 Å². The monoisotopic (exact) mass is 282 g/mol. The first-order valence-corrected chi connectivity index (χ1v) is 6.82. The summed E-state index contributed by atoms with van der Waals surface area (Å²) in [7, 11) is 1.65. The highest BCUT2D eigenvalue weighted by atomic mass is 16.5. The highest BCUT2D eigenvalue weighted by Gasteiger charge is 2.04. The summed E-state index contributed by atoms with van der Waals surface area (Å²) in [4.78, 5) is 10.8. The third kappa shape index (κ3) is 3.72. The minimum Gasteiger partial charge on any atom is -0.497 e. The van der Waals surface area contributed by atoms with Gasteiger partial charge in [-0.2, -0.15) is 0 Å². The maximum atomic E-state index is 10.8. The molecule has 0 amide bonds. The highest BCUT2D eigenvalue weighted by molar-refractivity contribution is 5.90. The molecule has 0 unspecified atom stereocenters. The molecular formula is C18H18O3. The number of allylic oxidation sites excluding steroid dienone is 1. The Labute approximate surface area is 124 Å². The van der Waals surface area contributed by atoms with E-state index in [9.17, 15) is 4.79 Å². The molecule has 0 aliphatic heterocycles. The summed E-state index contributed by atoms with van der Waals surface area (Å²) in [6.07, 6.45) is 1.95. The number of benzene rings is 2. The van der Waals surface area contributed by atoms with E-state index in [1.807, 2.05) is 55.5 Å². The number of carboxylic acid groups (broad SMARTS) is 1. The van der Waals surface area contributed by atoms with Crippen LogP contribution >= 0.6 is 0 Å². The third-order valence-electron chi connectivity index (χ3n) is 3.34. The minimum atomic E-state index is -0.913. The Hall–Kier alpha value is -2.55. The maximum absolute atomic E-state index is 10.8. The fourth-order valence-corrected chi connectivity index (χ4v) is 2.22. The van der Waals surface area contributed by atoms with Crippen LogP contribution < -0.4 is 4.74 Å². The topological polar surface area (TPSA) is 46.5 Å². The first-order valence-electron chi connectivity index (χ1n) is 6.82. The first kappa shape index (κ1) is 14.9. The Morgan fingerprint density at radius 2 is 1.86 bits per heavy atom. The molecule has 0 aliphatic carbocycles. The fraction of sp³-hybridized carbons (Fsp3) is 0.167. The van der Waals surface area contributed by atoms with Crippen LogP contribution in [0.4, 0.5) is 0 Å². The van der Waals surface area contributed by atoms with E-state index in [-0.39, 0.29) is 0 Å². The molecule has 0 heterocycles. The third-order valence-corrected chi connectivity index (χ3v) is 3.34. The minimum absolute atomic E-state index is 0.685. The molecule has 3 heteroatoms. The summed E-state index contributed by atoms with van der Waals surface area (Å²) in [5.41, 5.74) is 3.90. The standard InChI is InChI=1S/C18H18O3/c1-3-13(12-18(19)20)14-7-9-15(10-8-14)16-5-4-6-17(11-16)21-2/h4-12H,3H2,1-2H3,(H,19,20)/b13-12+. The average molecular weight is 282 g/mol. The van der Waals surface area contributed by atoms with Gasteiger partial charge in [-0.05, 0) is 40.8 Å². The molecule has 2 aromatic rings. The van der Waals surface area contributed by atoms with Gasteiger partial charge >= 0.3 is 5.97 Å². The number of rotatable bonds is 5. The van der Waals surface area contributed by atoms with E-state index in [1.165, 1.54) is 6.08 Å². The largest absolute Gasteiger partial charge is 0.497 e. The predicted molar refractivity (Wildman–Crippen MR) is 84.3 cm³/mol. The second kappa shape index (κ2) is 6.75. The molecule has 2 aromatic carbocycles. The van der Waals surface area contributed by atoms with Crippen molar-refractivity contribution in [2.45, 2.75) is 13.3 Å². The van der Waals surface area contributed by atoms with Crippen molar-refractivity contribution in [3.05, 3.63) is 60.2 Å². The molecule has 0 bridgehead atoms. The van der Waals surface area contributed by atoms with Crippen molar-refractivity contribution < 1.29 is 14.6 Å². The molecule has 0 saturated carbocycles. The van der Waals surface area contributed by atoms with Crippen molar-refractivity contribution in [1.29, 1.82) is 0 Å². The number of carbonyl (C=O) groups is 1. The van der Waals surface area contributed by atoms with E-state index < -0.39 is 5.97 Å². The Morgan fingerprint density at radius 1 is 1.14 bits per heavy atom. The van der Waals surface area contributed by atoms with E-state index in [2.05, 4.69) is 0 Å². The maximum Gasteiger partial charge on any atom is 0.328 e. The van der Waals surface area contributed by atoms with Gasteiger partial charge in [0.05, 0.1) is 7.11 Å². The molecule has 0 spiro atoms. The van der Waals surface area contributed by atoms with Gasteiger partial charge in [-0.1, -0.05) is 43.3 Å².